The summed E-state index contributed by atoms with van der Waals surface area (Å²) in [5.74, 6) is 0.0739. The summed E-state index contributed by atoms with van der Waals surface area (Å²) < 4.78 is 27.7. The van der Waals surface area contributed by atoms with Gasteiger partial charge in [0.25, 0.3) is 0 Å². The van der Waals surface area contributed by atoms with E-state index in [2.05, 4.69) is 15.4 Å². The van der Waals surface area contributed by atoms with Gasteiger partial charge in [-0.05, 0) is 75.2 Å². The van der Waals surface area contributed by atoms with Gasteiger partial charge in [0.15, 0.2) is 0 Å². The second-order valence-corrected chi connectivity index (χ2v) is 9.42. The predicted molar refractivity (Wildman–Crippen MR) is 103 cm³/mol. The van der Waals surface area contributed by atoms with Crippen LogP contribution in [0, 0.1) is 18.3 Å². The highest BCUT2D eigenvalue weighted by atomic mass is 35.5. The van der Waals surface area contributed by atoms with E-state index in [9.17, 15) is 13.2 Å². The second kappa shape index (κ2) is 7.11. The Bertz CT molecular complexity index is 802. The van der Waals surface area contributed by atoms with Crippen molar-refractivity contribution in [1.29, 1.82) is 0 Å². The number of hydrogen-bond acceptors (Lipinski definition) is 4. The summed E-state index contributed by atoms with van der Waals surface area (Å²) in [4.78, 5) is 12.8. The normalized spacial score (nSPS) is 24.0. The first-order chi connectivity index (χ1) is 11.9. The van der Waals surface area contributed by atoms with Gasteiger partial charge in [-0.1, -0.05) is 6.07 Å². The number of hydrogen-bond donors (Lipinski definition) is 3. The van der Waals surface area contributed by atoms with Gasteiger partial charge in [-0.2, -0.15) is 0 Å². The van der Waals surface area contributed by atoms with Gasteiger partial charge in [-0.15, -0.1) is 12.4 Å². The first-order valence-electron chi connectivity index (χ1n) is 9.04. The molecule has 2 aliphatic carbocycles. The Kier molecular flexibility index (Phi) is 5.36. The molecule has 0 bridgehead atoms. The maximum absolute atomic E-state index is 12.6. The maximum atomic E-state index is 12.6. The molecular weight excluding hydrogens is 374 g/mol. The summed E-state index contributed by atoms with van der Waals surface area (Å²) in [7, 11) is -3.53. The SMILES string of the molecule is Cc1ccc(NC(=O)C2CC23CCNCC3)cc1S(=O)(=O)NC1CC1.Cl. The fraction of sp³-hybridized carbons (Fsp3) is 0.611. The lowest BCUT2D eigenvalue weighted by molar-refractivity contribution is -0.118. The average Bonchev–Trinajstić information content (AvgIpc) is 3.48. The number of sulfonamides is 1. The molecule has 3 aliphatic rings. The summed E-state index contributed by atoms with van der Waals surface area (Å²) in [6, 6.07) is 5.18. The van der Waals surface area contributed by atoms with E-state index in [0.29, 0.717) is 11.3 Å². The standard InChI is InChI=1S/C18H25N3O3S.ClH/c1-12-2-3-14(10-16(12)25(23,24)21-13-4-5-13)20-17(22)15-11-18(15)6-8-19-9-7-18;/h2-3,10,13,15,19,21H,4-9,11H2,1H3,(H,20,22);1H. The smallest absolute Gasteiger partial charge is 0.241 e. The number of rotatable bonds is 5. The summed E-state index contributed by atoms with van der Waals surface area (Å²) in [5.41, 5.74) is 1.41. The summed E-state index contributed by atoms with van der Waals surface area (Å²) in [6.45, 7) is 3.73. The molecular formula is C18H26ClN3O3S. The van der Waals surface area contributed by atoms with Crippen molar-refractivity contribution < 1.29 is 13.2 Å². The van der Waals surface area contributed by atoms with E-state index < -0.39 is 10.0 Å². The van der Waals surface area contributed by atoms with Crippen molar-refractivity contribution in [3.05, 3.63) is 23.8 Å². The summed E-state index contributed by atoms with van der Waals surface area (Å²) in [6.07, 6.45) is 4.83. The largest absolute Gasteiger partial charge is 0.326 e. The van der Waals surface area contributed by atoms with Crippen molar-refractivity contribution in [2.45, 2.75) is 50.0 Å². The van der Waals surface area contributed by atoms with Gasteiger partial charge < -0.3 is 10.6 Å². The first-order valence-corrected chi connectivity index (χ1v) is 10.5. The van der Waals surface area contributed by atoms with Crippen LogP contribution < -0.4 is 15.4 Å². The van der Waals surface area contributed by atoms with Gasteiger partial charge in [-0.3, -0.25) is 4.79 Å². The van der Waals surface area contributed by atoms with Crippen LogP contribution in [-0.4, -0.2) is 33.5 Å². The lowest BCUT2D eigenvalue weighted by Gasteiger charge is -2.23. The highest BCUT2D eigenvalue weighted by Gasteiger charge is 2.57. The van der Waals surface area contributed by atoms with Gasteiger partial charge in [-0.25, -0.2) is 13.1 Å². The number of carbonyl (C=O) groups excluding carboxylic acids is 1. The molecule has 3 N–H and O–H groups in total. The summed E-state index contributed by atoms with van der Waals surface area (Å²) in [5, 5.41) is 6.27. The third kappa shape index (κ3) is 3.91. The van der Waals surface area contributed by atoms with Crippen LogP contribution in [0.15, 0.2) is 23.1 Å². The number of anilines is 1. The lowest BCUT2D eigenvalue weighted by Crippen LogP contribution is -2.31. The van der Waals surface area contributed by atoms with Gasteiger partial charge >= 0.3 is 0 Å². The van der Waals surface area contributed by atoms with E-state index in [4.69, 9.17) is 0 Å². The molecule has 6 nitrogen and oxygen atoms in total. The molecule has 4 rings (SSSR count). The minimum absolute atomic E-state index is 0. The number of amides is 1. The topological polar surface area (TPSA) is 87.3 Å². The molecule has 1 aliphatic heterocycles. The van der Waals surface area contributed by atoms with Crippen molar-refractivity contribution in [2.24, 2.45) is 11.3 Å². The zero-order chi connectivity index (χ0) is 17.7. The minimum Gasteiger partial charge on any atom is -0.326 e. The van der Waals surface area contributed by atoms with Crippen molar-refractivity contribution >= 4 is 34.0 Å². The molecule has 1 atom stereocenters. The fourth-order valence-electron chi connectivity index (χ4n) is 3.88. The van der Waals surface area contributed by atoms with Gasteiger partial charge in [0.1, 0.15) is 0 Å². The van der Waals surface area contributed by atoms with Crippen LogP contribution in [0.5, 0.6) is 0 Å². The number of nitrogens with one attached hydrogen (secondary N) is 3. The monoisotopic (exact) mass is 399 g/mol. The number of aryl methyl sites for hydroxylation is 1. The zero-order valence-corrected chi connectivity index (χ0v) is 16.5. The zero-order valence-electron chi connectivity index (χ0n) is 14.9. The van der Waals surface area contributed by atoms with Crippen molar-refractivity contribution in [1.82, 2.24) is 10.0 Å². The number of piperidine rings is 1. The van der Waals surface area contributed by atoms with Crippen LogP contribution in [0.25, 0.3) is 0 Å². The molecule has 3 fully saturated rings. The molecule has 1 heterocycles. The van der Waals surface area contributed by atoms with Crippen LogP contribution in [0.2, 0.25) is 0 Å². The van der Waals surface area contributed by atoms with Gasteiger partial charge in [0.2, 0.25) is 15.9 Å². The lowest BCUT2D eigenvalue weighted by atomic mass is 9.92. The van der Waals surface area contributed by atoms with Crippen LogP contribution in [0.4, 0.5) is 5.69 Å². The Morgan fingerprint density at radius 3 is 2.58 bits per heavy atom. The molecule has 2 saturated carbocycles. The summed E-state index contributed by atoms with van der Waals surface area (Å²) >= 11 is 0. The molecule has 26 heavy (non-hydrogen) atoms. The van der Waals surface area contributed by atoms with E-state index in [1.807, 2.05) is 0 Å². The molecule has 1 amide bonds. The molecule has 1 aromatic rings. The quantitative estimate of drug-likeness (QED) is 0.708. The Hall–Kier alpha value is -1.15. The van der Waals surface area contributed by atoms with E-state index in [1.54, 1.807) is 25.1 Å². The maximum Gasteiger partial charge on any atom is 0.241 e. The van der Waals surface area contributed by atoms with Crippen LogP contribution in [-0.2, 0) is 14.8 Å². The average molecular weight is 400 g/mol. The number of benzene rings is 1. The van der Waals surface area contributed by atoms with Crippen molar-refractivity contribution in [3.8, 4) is 0 Å². The van der Waals surface area contributed by atoms with Crippen molar-refractivity contribution in [3.63, 3.8) is 0 Å². The van der Waals surface area contributed by atoms with Gasteiger partial charge in [0, 0.05) is 17.6 Å². The van der Waals surface area contributed by atoms with Gasteiger partial charge in [0.05, 0.1) is 4.90 Å². The number of carbonyl (C=O) groups is 1. The Balaban J connectivity index is 0.00000196. The van der Waals surface area contributed by atoms with Crippen molar-refractivity contribution in [2.75, 3.05) is 18.4 Å². The Morgan fingerprint density at radius 1 is 1.23 bits per heavy atom. The molecule has 1 spiro atoms. The third-order valence-corrected chi connectivity index (χ3v) is 7.41. The van der Waals surface area contributed by atoms with E-state index in [-0.39, 0.29) is 40.6 Å². The van der Waals surface area contributed by atoms with Crippen LogP contribution in [0.1, 0.15) is 37.7 Å². The highest BCUT2D eigenvalue weighted by molar-refractivity contribution is 7.89. The molecule has 8 heteroatoms. The van der Waals surface area contributed by atoms with E-state index in [1.165, 1.54) is 0 Å². The molecule has 1 saturated heterocycles. The Labute approximate surface area is 161 Å². The van der Waals surface area contributed by atoms with Crippen LogP contribution >= 0.6 is 12.4 Å². The van der Waals surface area contributed by atoms with E-state index >= 15 is 0 Å². The van der Waals surface area contributed by atoms with E-state index in [0.717, 1.165) is 45.2 Å². The molecule has 1 aromatic carbocycles. The number of halogens is 1. The first kappa shape index (κ1) is 19.6. The Morgan fingerprint density at radius 2 is 1.92 bits per heavy atom. The molecule has 0 aromatic heterocycles. The molecule has 0 radical (unpaired) electrons. The molecule has 1 unspecified atom stereocenters. The minimum atomic E-state index is -3.53. The molecule has 144 valence electrons. The highest BCUT2D eigenvalue weighted by Crippen LogP contribution is 2.58. The third-order valence-electron chi connectivity index (χ3n) is 5.75. The fourth-order valence-corrected chi connectivity index (χ4v) is 5.45. The van der Waals surface area contributed by atoms with Crippen LogP contribution in [0.3, 0.4) is 0 Å². The predicted octanol–water partition coefficient (Wildman–Crippen LogP) is 2.19. The second-order valence-electron chi connectivity index (χ2n) is 7.73.